The Morgan fingerprint density at radius 2 is 1.69 bits per heavy atom. The van der Waals surface area contributed by atoms with Crippen LogP contribution in [-0.4, -0.2) is 110 Å². The van der Waals surface area contributed by atoms with Crippen molar-refractivity contribution in [3.63, 3.8) is 0 Å². The number of phenolic OH excluding ortho intramolecular Hbond substituents is 1. The molecule has 0 radical (unpaired) electrons. The molecule has 0 bridgehead atoms. The number of aromatic hydroxyl groups is 1. The molecule has 0 spiro atoms. The van der Waals surface area contributed by atoms with E-state index in [0.29, 0.717) is 67.8 Å². The van der Waals surface area contributed by atoms with Crippen LogP contribution in [0.1, 0.15) is 86.6 Å². The number of phenols is 1. The van der Waals surface area contributed by atoms with Crippen LogP contribution in [-0.2, 0) is 27.3 Å². The van der Waals surface area contributed by atoms with Gasteiger partial charge in [-0.05, 0) is 91.2 Å². The number of anilines is 1. The summed E-state index contributed by atoms with van der Waals surface area (Å²) in [7, 11) is 0. The number of piperidine rings is 1. The van der Waals surface area contributed by atoms with Gasteiger partial charge in [-0.2, -0.15) is 0 Å². The number of aliphatic hydroxyl groups is 1. The van der Waals surface area contributed by atoms with E-state index in [1.165, 1.54) is 4.90 Å². The molecule has 0 saturated carbocycles. The van der Waals surface area contributed by atoms with Crippen molar-refractivity contribution in [3.05, 3.63) is 119 Å². The van der Waals surface area contributed by atoms with Gasteiger partial charge in [0.25, 0.3) is 5.88 Å². The number of β-amino-alcohol motifs (C(OH)–C–C–N with tert-alkyl or cyclic N) is 1. The van der Waals surface area contributed by atoms with Crippen LogP contribution in [0, 0.1) is 18.8 Å². The standard InChI is InChI=1S/C53H63N9O8S/c1-32(2)49(53(67)62-30-40(63)26-43(62)52(66)57-33(3)38-13-15-39(16-14-38)50-34(4)56-31-71-50)45-28-48(60-70-45)69-24-22-61-20-17-36(18-21-61)25-47(65)55-29-37-11-9-35(10-12-37)19-23-68-46-27-42(58-59-51(46)54)41-7-5-6-8-44(41)64/h5-16,27-28,31-33,36,40,43,49,63-64H,17-26,29-30H2,1-4H3,(H2,54,59)(H,55,65)(H,57,66)/t33-,40+,43-,49+/m0/s1. The zero-order chi connectivity index (χ0) is 50.0. The van der Waals surface area contributed by atoms with E-state index < -0.39 is 18.1 Å². The Morgan fingerprint density at radius 1 is 0.944 bits per heavy atom. The summed E-state index contributed by atoms with van der Waals surface area (Å²) >= 11 is 1.58. The van der Waals surface area contributed by atoms with E-state index in [4.69, 9.17) is 19.7 Å². The second kappa shape index (κ2) is 23.3. The van der Waals surface area contributed by atoms with Crippen LogP contribution in [0.15, 0.2) is 95.0 Å². The molecule has 0 aliphatic carbocycles. The lowest BCUT2D eigenvalue weighted by atomic mass is 9.91. The third kappa shape index (κ3) is 12.9. The third-order valence-electron chi connectivity index (χ3n) is 13.4. The fraction of sp³-hybridized carbons (Fsp3) is 0.415. The molecular weight excluding hydrogens is 923 g/mol. The molecule has 374 valence electrons. The van der Waals surface area contributed by atoms with Crippen LogP contribution >= 0.6 is 11.3 Å². The number of likely N-dealkylation sites (tertiary alicyclic amines) is 2. The van der Waals surface area contributed by atoms with Gasteiger partial charge >= 0.3 is 0 Å². The monoisotopic (exact) mass is 985 g/mol. The van der Waals surface area contributed by atoms with Gasteiger partial charge in [0.05, 0.1) is 34.8 Å². The molecule has 18 heteroatoms. The lowest BCUT2D eigenvalue weighted by Gasteiger charge is -2.31. The van der Waals surface area contributed by atoms with Crippen LogP contribution in [0.5, 0.6) is 17.4 Å². The molecule has 8 rings (SSSR count). The fourth-order valence-electron chi connectivity index (χ4n) is 9.25. The maximum atomic E-state index is 14.2. The summed E-state index contributed by atoms with van der Waals surface area (Å²) in [5.41, 5.74) is 13.9. The number of nitrogens with zero attached hydrogens (tertiary/aromatic N) is 6. The van der Waals surface area contributed by atoms with Gasteiger partial charge in [-0.15, -0.1) is 21.5 Å². The number of carbonyl (C=O) groups is 3. The average molecular weight is 986 g/mol. The van der Waals surface area contributed by atoms with Crippen LogP contribution in [0.3, 0.4) is 0 Å². The van der Waals surface area contributed by atoms with E-state index in [1.54, 1.807) is 47.7 Å². The number of nitrogens with one attached hydrogen (secondary N) is 2. The van der Waals surface area contributed by atoms with E-state index in [1.807, 2.05) is 81.7 Å². The van der Waals surface area contributed by atoms with Gasteiger partial charge in [0.2, 0.25) is 17.7 Å². The second-order valence-corrected chi connectivity index (χ2v) is 19.7. The summed E-state index contributed by atoms with van der Waals surface area (Å²) in [5, 5.41) is 39.2. The average Bonchev–Trinajstić information content (AvgIpc) is 4.12. The number of para-hydroxylation sites is 1. The number of hydrogen-bond donors (Lipinski definition) is 5. The van der Waals surface area contributed by atoms with Crippen molar-refractivity contribution in [2.75, 3.05) is 45.1 Å². The summed E-state index contributed by atoms with van der Waals surface area (Å²) < 4.78 is 17.6. The molecule has 0 unspecified atom stereocenters. The van der Waals surface area contributed by atoms with Crippen molar-refractivity contribution < 1.29 is 38.6 Å². The van der Waals surface area contributed by atoms with Crippen LogP contribution < -0.4 is 25.8 Å². The quantitative estimate of drug-likeness (QED) is 0.0527. The van der Waals surface area contributed by atoms with Crippen molar-refractivity contribution >= 4 is 34.9 Å². The first-order valence-corrected chi connectivity index (χ1v) is 25.2. The Kier molecular flexibility index (Phi) is 16.6. The number of nitrogens with two attached hydrogens (primary N) is 1. The van der Waals surface area contributed by atoms with Gasteiger partial charge in [-0.1, -0.05) is 74.5 Å². The smallest absolute Gasteiger partial charge is 0.254 e. The number of aliphatic hydroxyl groups excluding tert-OH is 1. The molecular formula is C53H63N9O8S. The predicted octanol–water partition coefficient (Wildman–Crippen LogP) is 6.85. The molecule has 17 nitrogen and oxygen atoms in total. The number of hydrogen-bond acceptors (Lipinski definition) is 15. The second-order valence-electron chi connectivity index (χ2n) is 18.8. The van der Waals surface area contributed by atoms with Crippen LogP contribution in [0.25, 0.3) is 21.7 Å². The van der Waals surface area contributed by atoms with E-state index in [9.17, 15) is 24.6 Å². The highest BCUT2D eigenvalue weighted by Gasteiger charge is 2.43. The minimum absolute atomic E-state index is 0.0329. The van der Waals surface area contributed by atoms with Crippen molar-refractivity contribution in [2.24, 2.45) is 11.8 Å². The minimum atomic E-state index is -0.839. The zero-order valence-corrected chi connectivity index (χ0v) is 41.4. The number of thiazole rings is 1. The van der Waals surface area contributed by atoms with Gasteiger partial charge in [0, 0.05) is 56.6 Å². The number of ether oxygens (including phenoxy) is 2. The Bertz CT molecular complexity index is 2740. The van der Waals surface area contributed by atoms with Gasteiger partial charge in [0.1, 0.15) is 30.0 Å². The summed E-state index contributed by atoms with van der Waals surface area (Å²) in [6.07, 6.45) is 2.21. The molecule has 3 aromatic heterocycles. The zero-order valence-electron chi connectivity index (χ0n) is 40.6. The van der Waals surface area contributed by atoms with Gasteiger partial charge in [-0.25, -0.2) is 4.98 Å². The molecule has 4 atom stereocenters. The molecule has 2 saturated heterocycles. The molecule has 2 aliphatic rings. The number of rotatable bonds is 20. The van der Waals surface area contributed by atoms with Crippen LogP contribution in [0.2, 0.25) is 0 Å². The largest absolute Gasteiger partial charge is 0.507 e. The first-order valence-electron chi connectivity index (χ1n) is 24.3. The number of carbonyl (C=O) groups excluding carboxylic acids is 3. The van der Waals surface area contributed by atoms with E-state index >= 15 is 0 Å². The lowest BCUT2D eigenvalue weighted by Crippen LogP contribution is -2.48. The Morgan fingerprint density at radius 3 is 2.41 bits per heavy atom. The molecule has 6 aromatic rings. The predicted molar refractivity (Wildman–Crippen MR) is 269 cm³/mol. The van der Waals surface area contributed by atoms with Crippen molar-refractivity contribution in [3.8, 4) is 39.1 Å². The van der Waals surface area contributed by atoms with Crippen LogP contribution in [0.4, 0.5) is 5.82 Å². The molecule has 6 N–H and O–H groups in total. The van der Waals surface area contributed by atoms with E-state index in [2.05, 4.69) is 35.9 Å². The molecule has 2 aliphatic heterocycles. The maximum Gasteiger partial charge on any atom is 0.254 e. The van der Waals surface area contributed by atoms with Crippen molar-refractivity contribution in [1.82, 2.24) is 40.8 Å². The Hall–Kier alpha value is -6.89. The Labute approximate surface area is 417 Å². The molecule has 5 heterocycles. The summed E-state index contributed by atoms with van der Waals surface area (Å²) in [4.78, 5) is 50.0. The highest BCUT2D eigenvalue weighted by molar-refractivity contribution is 7.13. The fourth-order valence-corrected chi connectivity index (χ4v) is 10.1. The lowest BCUT2D eigenvalue weighted by molar-refractivity contribution is -0.141. The van der Waals surface area contributed by atoms with Crippen molar-refractivity contribution in [2.45, 2.75) is 90.4 Å². The SMILES string of the molecule is Cc1ncsc1-c1ccc([C@H](C)NC(=O)[C@@H]2C[C@@H](O)CN2C(=O)[C@@H](c2cc(OCCN3CCC(CC(=O)NCc4ccc(CCOc5cc(-c6ccccc6O)nnc5N)cc4)CC3)no2)C(C)C)cc1. The number of aryl methyl sites for hydroxylation is 1. The first-order chi connectivity index (χ1) is 34.3. The Balaban J connectivity index is 0.730. The minimum Gasteiger partial charge on any atom is -0.507 e. The topological polar surface area (TPSA) is 231 Å². The third-order valence-corrected chi connectivity index (χ3v) is 14.3. The van der Waals surface area contributed by atoms with Gasteiger partial charge in [0.15, 0.2) is 17.3 Å². The summed E-state index contributed by atoms with van der Waals surface area (Å²) in [6, 6.07) is 25.1. The molecule has 3 aromatic carbocycles. The van der Waals surface area contributed by atoms with E-state index in [0.717, 1.165) is 58.8 Å². The first kappa shape index (κ1) is 50.5. The highest BCUT2D eigenvalue weighted by Crippen LogP contribution is 2.34. The maximum absolute atomic E-state index is 14.2. The van der Waals surface area contributed by atoms with E-state index in [-0.39, 0.29) is 60.1 Å². The van der Waals surface area contributed by atoms with Gasteiger partial charge < -0.3 is 45.5 Å². The van der Waals surface area contributed by atoms with Gasteiger partial charge in [-0.3, -0.25) is 19.3 Å². The number of amides is 3. The van der Waals surface area contributed by atoms with Crippen molar-refractivity contribution in [1.29, 1.82) is 0 Å². The molecule has 71 heavy (non-hydrogen) atoms. The highest BCUT2D eigenvalue weighted by atomic mass is 32.1. The molecule has 3 amide bonds. The number of aromatic nitrogens is 4. The normalized spacial score (nSPS) is 17.2. The number of nitrogen functional groups attached to an aromatic ring is 1. The molecule has 2 fully saturated rings. The number of benzene rings is 3. The summed E-state index contributed by atoms with van der Waals surface area (Å²) in [5.74, 6) is 0.0511. The summed E-state index contributed by atoms with van der Waals surface area (Å²) in [6.45, 7) is 11.3.